The number of halogens is 1. The van der Waals surface area contributed by atoms with Crippen molar-refractivity contribution < 1.29 is 4.74 Å². The third-order valence-electron chi connectivity index (χ3n) is 2.96. The average Bonchev–Trinajstić information content (AvgIpc) is 2.85. The molecule has 0 aliphatic rings. The summed E-state index contributed by atoms with van der Waals surface area (Å²) in [5.41, 5.74) is 8.08. The van der Waals surface area contributed by atoms with Crippen LogP contribution in [0, 0.1) is 0 Å². The molecule has 0 saturated heterocycles. The summed E-state index contributed by atoms with van der Waals surface area (Å²) in [7, 11) is 0. The summed E-state index contributed by atoms with van der Waals surface area (Å²) in [6.45, 7) is 5.45. The van der Waals surface area contributed by atoms with E-state index in [0.717, 1.165) is 28.8 Å². The lowest BCUT2D eigenvalue weighted by Crippen LogP contribution is -2.17. The van der Waals surface area contributed by atoms with Gasteiger partial charge in [0.05, 0.1) is 10.7 Å². The molecule has 0 amide bonds. The van der Waals surface area contributed by atoms with Crippen molar-refractivity contribution in [1.82, 2.24) is 9.78 Å². The van der Waals surface area contributed by atoms with E-state index in [1.54, 1.807) is 0 Å². The lowest BCUT2D eigenvalue weighted by Gasteiger charge is -2.10. The molecule has 1 heterocycles. The third kappa shape index (κ3) is 4.08. The molecule has 0 saturated carbocycles. The predicted molar refractivity (Wildman–Crippen MR) is 83.7 cm³/mol. The van der Waals surface area contributed by atoms with E-state index < -0.39 is 0 Å². The summed E-state index contributed by atoms with van der Waals surface area (Å²) < 4.78 is 8.65. The lowest BCUT2D eigenvalue weighted by molar-refractivity contribution is 0.304. The minimum absolute atomic E-state index is 0.161. The summed E-state index contributed by atoms with van der Waals surface area (Å²) in [6, 6.07) is 6.26. The summed E-state index contributed by atoms with van der Waals surface area (Å²) in [4.78, 5) is 0. The Bertz CT molecular complexity index is 566. The molecule has 2 aromatic rings. The maximum atomic E-state index is 5.81. The van der Waals surface area contributed by atoms with E-state index in [9.17, 15) is 0 Å². The van der Waals surface area contributed by atoms with Crippen LogP contribution in [0.1, 0.15) is 25.0 Å². The highest BCUT2D eigenvalue weighted by molar-refractivity contribution is 9.10. The molecule has 0 radical (unpaired) electrons. The number of ether oxygens (including phenoxy) is 1. The highest BCUT2D eigenvalue weighted by Gasteiger charge is 2.06. The first kappa shape index (κ1) is 15.1. The van der Waals surface area contributed by atoms with Crippen LogP contribution >= 0.6 is 15.9 Å². The standard InChI is InChI=1S/C15H20BrN3O/c1-3-19-9-13(8-18-19)10-20-15-5-4-12(6-11(2)17)7-14(15)16/h4-5,7-9,11H,3,6,10,17H2,1-2H3. The normalized spacial score (nSPS) is 12.4. The maximum Gasteiger partial charge on any atom is 0.134 e. The fourth-order valence-corrected chi connectivity index (χ4v) is 2.52. The van der Waals surface area contributed by atoms with E-state index in [-0.39, 0.29) is 6.04 Å². The van der Waals surface area contributed by atoms with E-state index in [2.05, 4.69) is 40.1 Å². The zero-order valence-corrected chi connectivity index (χ0v) is 13.4. The fourth-order valence-electron chi connectivity index (χ4n) is 1.98. The number of aryl methyl sites for hydroxylation is 1. The van der Waals surface area contributed by atoms with Gasteiger partial charge < -0.3 is 10.5 Å². The van der Waals surface area contributed by atoms with Crippen LogP contribution in [0.2, 0.25) is 0 Å². The second kappa shape index (κ2) is 6.90. The molecule has 1 unspecified atom stereocenters. The highest BCUT2D eigenvalue weighted by Crippen LogP contribution is 2.27. The first-order chi connectivity index (χ1) is 9.58. The molecule has 0 bridgehead atoms. The second-order valence-corrected chi connectivity index (χ2v) is 5.79. The largest absolute Gasteiger partial charge is 0.488 e. The molecule has 2 N–H and O–H groups in total. The van der Waals surface area contributed by atoms with E-state index in [0.29, 0.717) is 6.61 Å². The molecule has 20 heavy (non-hydrogen) atoms. The molecule has 0 spiro atoms. The number of hydrogen-bond acceptors (Lipinski definition) is 3. The zero-order chi connectivity index (χ0) is 14.5. The van der Waals surface area contributed by atoms with E-state index in [1.807, 2.05) is 30.1 Å². The van der Waals surface area contributed by atoms with Crippen LogP contribution in [0.15, 0.2) is 35.1 Å². The monoisotopic (exact) mass is 337 g/mol. The van der Waals surface area contributed by atoms with Gasteiger partial charge in [-0.1, -0.05) is 6.07 Å². The molecule has 0 aliphatic carbocycles. The van der Waals surface area contributed by atoms with Crippen LogP contribution in [0.25, 0.3) is 0 Å². The van der Waals surface area contributed by atoms with Crippen molar-refractivity contribution in [1.29, 1.82) is 0 Å². The van der Waals surface area contributed by atoms with Crippen LogP contribution in [0.3, 0.4) is 0 Å². The number of benzene rings is 1. The van der Waals surface area contributed by atoms with Crippen molar-refractivity contribution in [3.05, 3.63) is 46.2 Å². The van der Waals surface area contributed by atoms with Gasteiger partial charge in [0.2, 0.25) is 0 Å². The number of nitrogens with zero attached hydrogens (tertiary/aromatic N) is 2. The second-order valence-electron chi connectivity index (χ2n) is 4.94. The first-order valence-electron chi connectivity index (χ1n) is 6.76. The Hall–Kier alpha value is -1.33. The first-order valence-corrected chi connectivity index (χ1v) is 7.56. The van der Waals surface area contributed by atoms with Gasteiger partial charge in [-0.15, -0.1) is 0 Å². The van der Waals surface area contributed by atoms with Gasteiger partial charge >= 0.3 is 0 Å². The molecule has 2 rings (SSSR count). The Morgan fingerprint density at radius 3 is 2.80 bits per heavy atom. The molecule has 5 heteroatoms. The predicted octanol–water partition coefficient (Wildman–Crippen LogP) is 3.13. The van der Waals surface area contributed by atoms with E-state index in [4.69, 9.17) is 10.5 Å². The number of rotatable bonds is 6. The lowest BCUT2D eigenvalue weighted by atomic mass is 10.1. The minimum Gasteiger partial charge on any atom is -0.488 e. The van der Waals surface area contributed by atoms with Crippen molar-refractivity contribution >= 4 is 15.9 Å². The Kier molecular flexibility index (Phi) is 5.20. The van der Waals surface area contributed by atoms with Gasteiger partial charge in [0.25, 0.3) is 0 Å². The molecule has 4 nitrogen and oxygen atoms in total. The van der Waals surface area contributed by atoms with Gasteiger partial charge in [-0.05, 0) is 53.9 Å². The Balaban J connectivity index is 1.99. The summed E-state index contributed by atoms with van der Waals surface area (Å²) in [6.07, 6.45) is 4.70. The van der Waals surface area contributed by atoms with Crippen molar-refractivity contribution in [2.75, 3.05) is 0 Å². The van der Waals surface area contributed by atoms with Crippen LogP contribution in [-0.4, -0.2) is 15.8 Å². The number of aromatic nitrogens is 2. The van der Waals surface area contributed by atoms with Crippen LogP contribution in [0.5, 0.6) is 5.75 Å². The minimum atomic E-state index is 0.161. The summed E-state index contributed by atoms with van der Waals surface area (Å²) >= 11 is 3.54. The highest BCUT2D eigenvalue weighted by atomic mass is 79.9. The summed E-state index contributed by atoms with van der Waals surface area (Å²) in [5.74, 6) is 0.836. The molecular formula is C15H20BrN3O. The molecule has 1 aromatic carbocycles. The van der Waals surface area contributed by atoms with Gasteiger partial charge in [0, 0.05) is 24.3 Å². The van der Waals surface area contributed by atoms with Crippen molar-refractivity contribution in [3.8, 4) is 5.75 Å². The Morgan fingerprint density at radius 2 is 2.20 bits per heavy atom. The molecular weight excluding hydrogens is 318 g/mol. The molecule has 0 aliphatic heterocycles. The van der Waals surface area contributed by atoms with Gasteiger partial charge in [-0.3, -0.25) is 4.68 Å². The molecule has 1 aromatic heterocycles. The van der Waals surface area contributed by atoms with Gasteiger partial charge in [0.1, 0.15) is 12.4 Å². The van der Waals surface area contributed by atoms with Crippen molar-refractivity contribution in [3.63, 3.8) is 0 Å². The Morgan fingerprint density at radius 1 is 1.40 bits per heavy atom. The van der Waals surface area contributed by atoms with Gasteiger partial charge in [0.15, 0.2) is 0 Å². The number of hydrogen-bond donors (Lipinski definition) is 1. The molecule has 1 atom stereocenters. The van der Waals surface area contributed by atoms with E-state index >= 15 is 0 Å². The topological polar surface area (TPSA) is 53.1 Å². The average molecular weight is 338 g/mol. The van der Waals surface area contributed by atoms with Crippen molar-refractivity contribution in [2.24, 2.45) is 5.73 Å². The molecule has 108 valence electrons. The maximum absolute atomic E-state index is 5.81. The molecule has 0 fully saturated rings. The zero-order valence-electron chi connectivity index (χ0n) is 11.8. The fraction of sp³-hybridized carbons (Fsp3) is 0.400. The smallest absolute Gasteiger partial charge is 0.134 e. The van der Waals surface area contributed by atoms with Crippen LogP contribution in [0.4, 0.5) is 0 Å². The van der Waals surface area contributed by atoms with Crippen LogP contribution in [-0.2, 0) is 19.6 Å². The Labute approximate surface area is 128 Å². The van der Waals surface area contributed by atoms with Gasteiger partial charge in [-0.2, -0.15) is 5.10 Å². The SMILES string of the molecule is CCn1cc(COc2ccc(CC(C)N)cc2Br)cn1. The van der Waals surface area contributed by atoms with E-state index in [1.165, 1.54) is 5.56 Å². The third-order valence-corrected chi connectivity index (χ3v) is 3.58. The van der Waals surface area contributed by atoms with Gasteiger partial charge in [-0.25, -0.2) is 0 Å². The van der Waals surface area contributed by atoms with Crippen molar-refractivity contribution in [2.45, 2.75) is 39.5 Å². The summed E-state index contributed by atoms with van der Waals surface area (Å²) in [5, 5.41) is 4.23. The number of nitrogens with two attached hydrogens (primary N) is 1. The van der Waals surface area contributed by atoms with Crippen LogP contribution < -0.4 is 10.5 Å². The quantitative estimate of drug-likeness (QED) is 0.880.